The third kappa shape index (κ3) is 2.61. The van der Waals surface area contributed by atoms with Crippen LogP contribution in [0.5, 0.6) is 0 Å². The van der Waals surface area contributed by atoms with Gasteiger partial charge in [0.25, 0.3) is 5.91 Å². The van der Waals surface area contributed by atoms with Crippen LogP contribution in [0.1, 0.15) is 29.3 Å². The minimum absolute atomic E-state index is 0.196. The van der Waals surface area contributed by atoms with Crippen LogP contribution in [0.25, 0.3) is 0 Å². The number of amides is 1. The quantitative estimate of drug-likeness (QED) is 0.840. The van der Waals surface area contributed by atoms with Crippen LogP contribution >= 0.6 is 23.2 Å². The van der Waals surface area contributed by atoms with E-state index in [9.17, 15) is 14.7 Å². The normalized spacial score (nSPS) is 19.5. The number of anilines is 1. The Bertz CT molecular complexity index is 837. The Balaban J connectivity index is 1.99. The predicted molar refractivity (Wildman–Crippen MR) is 93.8 cm³/mol. The van der Waals surface area contributed by atoms with E-state index in [-0.39, 0.29) is 17.0 Å². The van der Waals surface area contributed by atoms with Crippen molar-refractivity contribution in [3.63, 3.8) is 0 Å². The lowest BCUT2D eigenvalue weighted by Gasteiger charge is -2.22. The van der Waals surface area contributed by atoms with Gasteiger partial charge in [0.1, 0.15) is 0 Å². The van der Waals surface area contributed by atoms with Crippen molar-refractivity contribution in [2.45, 2.75) is 18.9 Å². The summed E-state index contributed by atoms with van der Waals surface area (Å²) in [5, 5.41) is 11.6. The molecular weight excluding hydrogens is 349 g/mol. The van der Waals surface area contributed by atoms with Crippen LogP contribution in [-0.2, 0) is 10.4 Å². The number of aliphatic hydroxyl groups is 1. The fourth-order valence-electron chi connectivity index (χ4n) is 3.03. The van der Waals surface area contributed by atoms with Crippen LogP contribution in [-0.4, -0.2) is 23.3 Å². The molecule has 0 aromatic heterocycles. The summed E-state index contributed by atoms with van der Waals surface area (Å²) < 4.78 is 0. The lowest BCUT2D eigenvalue weighted by atomic mass is 9.88. The molecule has 0 spiro atoms. The van der Waals surface area contributed by atoms with E-state index >= 15 is 0 Å². The smallest absolute Gasteiger partial charge is 0.264 e. The Morgan fingerprint density at radius 3 is 2.58 bits per heavy atom. The maximum atomic E-state index is 12.7. The molecule has 1 heterocycles. The van der Waals surface area contributed by atoms with Crippen molar-refractivity contribution in [3.8, 4) is 0 Å². The van der Waals surface area contributed by atoms with Gasteiger partial charge in [-0.1, -0.05) is 41.4 Å². The van der Waals surface area contributed by atoms with E-state index < -0.39 is 17.3 Å². The summed E-state index contributed by atoms with van der Waals surface area (Å²) in [6, 6.07) is 11.5. The van der Waals surface area contributed by atoms with E-state index in [1.807, 2.05) is 6.92 Å². The minimum Gasteiger partial charge on any atom is -0.375 e. The van der Waals surface area contributed by atoms with Gasteiger partial charge >= 0.3 is 0 Å². The molecule has 1 amide bonds. The van der Waals surface area contributed by atoms with Gasteiger partial charge in [0.05, 0.1) is 17.1 Å². The number of carbonyl (C=O) groups is 2. The highest BCUT2D eigenvalue weighted by molar-refractivity contribution is 6.37. The van der Waals surface area contributed by atoms with Crippen LogP contribution in [0.3, 0.4) is 0 Å². The van der Waals surface area contributed by atoms with Gasteiger partial charge in [0.15, 0.2) is 11.4 Å². The molecule has 0 saturated carbocycles. The molecule has 1 atom stereocenters. The molecule has 24 heavy (non-hydrogen) atoms. The van der Waals surface area contributed by atoms with Crippen LogP contribution < -0.4 is 4.90 Å². The number of fused-ring (bicyclic) bond motifs is 1. The summed E-state index contributed by atoms with van der Waals surface area (Å²) in [4.78, 5) is 26.8. The number of likely N-dealkylation sites (N-methyl/N-ethyl adjacent to an activating group) is 1. The summed E-state index contributed by atoms with van der Waals surface area (Å²) >= 11 is 11.9. The number of benzene rings is 2. The molecule has 0 fully saturated rings. The topological polar surface area (TPSA) is 57.6 Å². The first-order valence-electron chi connectivity index (χ1n) is 7.50. The third-order valence-electron chi connectivity index (χ3n) is 4.20. The molecule has 0 radical (unpaired) electrons. The van der Waals surface area contributed by atoms with Gasteiger partial charge in [0.2, 0.25) is 0 Å². The van der Waals surface area contributed by atoms with E-state index in [1.54, 1.807) is 30.3 Å². The molecule has 0 aliphatic carbocycles. The van der Waals surface area contributed by atoms with E-state index in [4.69, 9.17) is 23.2 Å². The summed E-state index contributed by atoms with van der Waals surface area (Å²) in [5.74, 6) is -0.912. The number of Topliss-reactive ketones (excluding diaryl/α,β-unsaturated/α-hetero) is 1. The third-order valence-corrected chi connectivity index (χ3v) is 4.75. The summed E-state index contributed by atoms with van der Waals surface area (Å²) in [5.41, 5.74) is -0.584. The van der Waals surface area contributed by atoms with E-state index in [0.29, 0.717) is 22.8 Å². The van der Waals surface area contributed by atoms with Gasteiger partial charge in [0, 0.05) is 22.7 Å². The lowest BCUT2D eigenvalue weighted by Crippen LogP contribution is -2.41. The molecule has 1 aliphatic rings. The van der Waals surface area contributed by atoms with Crippen LogP contribution in [0.15, 0.2) is 42.5 Å². The second kappa shape index (κ2) is 6.20. The largest absolute Gasteiger partial charge is 0.375 e. The molecule has 1 aliphatic heterocycles. The number of rotatable bonds is 4. The Kier molecular flexibility index (Phi) is 4.38. The van der Waals surface area contributed by atoms with E-state index in [2.05, 4.69) is 0 Å². The number of para-hydroxylation sites is 1. The molecule has 6 heteroatoms. The zero-order valence-corrected chi connectivity index (χ0v) is 14.4. The molecule has 0 unspecified atom stereocenters. The summed E-state index contributed by atoms with van der Waals surface area (Å²) in [7, 11) is 0. The van der Waals surface area contributed by atoms with Crippen molar-refractivity contribution >= 4 is 40.6 Å². The molecule has 4 nitrogen and oxygen atoms in total. The Morgan fingerprint density at radius 2 is 1.92 bits per heavy atom. The highest BCUT2D eigenvalue weighted by Crippen LogP contribution is 2.43. The van der Waals surface area contributed by atoms with Crippen molar-refractivity contribution < 1.29 is 14.7 Å². The second-order valence-electron chi connectivity index (χ2n) is 5.65. The number of nitrogens with zero attached hydrogens (tertiary/aromatic N) is 1. The number of hydrogen-bond donors (Lipinski definition) is 1. The van der Waals surface area contributed by atoms with Gasteiger partial charge in [-0.2, -0.15) is 0 Å². The maximum Gasteiger partial charge on any atom is 0.264 e. The van der Waals surface area contributed by atoms with Crippen molar-refractivity contribution in [2.24, 2.45) is 0 Å². The molecular formula is C18H15Cl2NO3. The molecule has 0 saturated heterocycles. The molecule has 124 valence electrons. The average Bonchev–Trinajstić information content (AvgIpc) is 2.75. The van der Waals surface area contributed by atoms with E-state index in [1.165, 1.54) is 17.0 Å². The Hall–Kier alpha value is -1.88. The highest BCUT2D eigenvalue weighted by Gasteiger charge is 2.50. The number of ketones is 1. The molecule has 2 aromatic rings. The Labute approximate surface area is 149 Å². The average molecular weight is 364 g/mol. The van der Waals surface area contributed by atoms with Gasteiger partial charge in [-0.25, -0.2) is 0 Å². The monoisotopic (exact) mass is 363 g/mol. The van der Waals surface area contributed by atoms with Crippen molar-refractivity contribution in [1.29, 1.82) is 0 Å². The first-order valence-corrected chi connectivity index (χ1v) is 8.26. The minimum atomic E-state index is -1.88. The van der Waals surface area contributed by atoms with Crippen molar-refractivity contribution in [3.05, 3.63) is 63.6 Å². The maximum absolute atomic E-state index is 12.7. The molecule has 1 N–H and O–H groups in total. The lowest BCUT2D eigenvalue weighted by molar-refractivity contribution is -0.135. The molecule has 3 rings (SSSR count). The van der Waals surface area contributed by atoms with E-state index in [0.717, 1.165) is 0 Å². The van der Waals surface area contributed by atoms with Gasteiger partial charge in [-0.15, -0.1) is 0 Å². The van der Waals surface area contributed by atoms with Crippen molar-refractivity contribution in [1.82, 2.24) is 0 Å². The van der Waals surface area contributed by atoms with Crippen molar-refractivity contribution in [2.75, 3.05) is 11.4 Å². The van der Waals surface area contributed by atoms with Crippen LogP contribution in [0.4, 0.5) is 5.69 Å². The first kappa shape index (κ1) is 17.0. The number of halogens is 2. The van der Waals surface area contributed by atoms with Gasteiger partial charge in [-0.05, 0) is 31.2 Å². The predicted octanol–water partition coefficient (Wildman–Crippen LogP) is 3.82. The summed E-state index contributed by atoms with van der Waals surface area (Å²) in [6.45, 7) is 2.23. The zero-order chi connectivity index (χ0) is 17.5. The Morgan fingerprint density at radius 1 is 1.21 bits per heavy atom. The van der Waals surface area contributed by atoms with Crippen LogP contribution in [0.2, 0.25) is 10.0 Å². The highest BCUT2D eigenvalue weighted by atomic mass is 35.5. The van der Waals surface area contributed by atoms with Gasteiger partial charge < -0.3 is 10.0 Å². The fraction of sp³-hybridized carbons (Fsp3) is 0.222. The second-order valence-corrected chi connectivity index (χ2v) is 6.49. The zero-order valence-electron chi connectivity index (χ0n) is 12.9. The first-order chi connectivity index (χ1) is 11.4. The SMILES string of the molecule is CCN1C(=O)[C@@](O)(CC(=O)c2ccc(Cl)cc2Cl)c2ccccc21. The molecule has 0 bridgehead atoms. The fourth-order valence-corrected chi connectivity index (χ4v) is 3.55. The molecule has 2 aromatic carbocycles. The summed E-state index contributed by atoms with van der Waals surface area (Å²) in [6.07, 6.45) is -0.374. The standard InChI is InChI=1S/C18H15Cl2NO3/c1-2-21-15-6-4-3-5-13(15)18(24,17(21)23)10-16(22)12-8-7-11(19)9-14(12)20/h3-9,24H,2,10H2,1H3/t18-/m1/s1. The van der Waals surface area contributed by atoms with Crippen LogP contribution in [0, 0.1) is 0 Å². The van der Waals surface area contributed by atoms with Gasteiger partial charge in [-0.3, -0.25) is 9.59 Å². The number of hydrogen-bond acceptors (Lipinski definition) is 3. The number of carbonyl (C=O) groups excluding carboxylic acids is 2.